The van der Waals surface area contributed by atoms with Crippen LogP contribution < -0.4 is 5.32 Å². The number of hydrogen-bond donors (Lipinski definition) is 1. The van der Waals surface area contributed by atoms with Crippen molar-refractivity contribution < 1.29 is 0 Å². The summed E-state index contributed by atoms with van der Waals surface area (Å²) in [5.41, 5.74) is 1.25. The van der Waals surface area contributed by atoms with Crippen molar-refractivity contribution in [2.24, 2.45) is 5.92 Å². The highest BCUT2D eigenvalue weighted by Crippen LogP contribution is 2.29. The average Bonchev–Trinajstić information content (AvgIpc) is 2.59. The number of halogens is 2. The number of hydrogen-bond acceptors (Lipinski definition) is 1. The molecule has 1 aromatic rings. The molecule has 0 aliphatic heterocycles. The highest BCUT2D eigenvalue weighted by atomic mass is 127. The van der Waals surface area contributed by atoms with Crippen molar-refractivity contribution in [1.82, 2.24) is 0 Å². The van der Waals surface area contributed by atoms with E-state index < -0.39 is 0 Å². The zero-order chi connectivity index (χ0) is 13.0. The van der Waals surface area contributed by atoms with Crippen LogP contribution in [-0.4, -0.2) is 6.04 Å². The third-order valence-corrected chi connectivity index (χ3v) is 6.29. The lowest BCUT2D eigenvalue weighted by Crippen LogP contribution is -2.18. The van der Waals surface area contributed by atoms with Crippen molar-refractivity contribution >= 4 is 44.2 Å². The van der Waals surface area contributed by atoms with Gasteiger partial charge in [-0.1, -0.05) is 26.2 Å². The Bertz CT molecular complexity index is 394. The van der Waals surface area contributed by atoms with Crippen molar-refractivity contribution in [2.45, 2.75) is 51.5 Å². The predicted octanol–water partition coefficient (Wildman–Crippen LogP) is 5.82. The Morgan fingerprint density at radius 1 is 1.28 bits per heavy atom. The topological polar surface area (TPSA) is 12.0 Å². The Morgan fingerprint density at radius 2 is 2.11 bits per heavy atom. The molecule has 2 atom stereocenters. The highest BCUT2D eigenvalue weighted by Gasteiger charge is 2.17. The normalized spacial score (nSPS) is 24.6. The van der Waals surface area contributed by atoms with Gasteiger partial charge in [-0.25, -0.2) is 0 Å². The molecule has 0 amide bonds. The molecule has 0 saturated heterocycles. The molecule has 0 bridgehead atoms. The van der Waals surface area contributed by atoms with Crippen LogP contribution in [0.4, 0.5) is 5.69 Å². The van der Waals surface area contributed by atoms with Gasteiger partial charge in [-0.05, 0) is 81.9 Å². The summed E-state index contributed by atoms with van der Waals surface area (Å²) in [5.74, 6) is 0.959. The van der Waals surface area contributed by atoms with Crippen LogP contribution in [0.1, 0.15) is 45.4 Å². The van der Waals surface area contributed by atoms with Gasteiger partial charge in [0.1, 0.15) is 0 Å². The Balaban J connectivity index is 1.94. The van der Waals surface area contributed by atoms with Gasteiger partial charge in [0.15, 0.2) is 0 Å². The van der Waals surface area contributed by atoms with Gasteiger partial charge in [0.2, 0.25) is 0 Å². The van der Waals surface area contributed by atoms with Gasteiger partial charge in [0, 0.05) is 19.8 Å². The van der Waals surface area contributed by atoms with Crippen molar-refractivity contribution in [2.75, 3.05) is 5.32 Å². The van der Waals surface area contributed by atoms with Gasteiger partial charge < -0.3 is 5.32 Å². The van der Waals surface area contributed by atoms with Gasteiger partial charge in [0.25, 0.3) is 0 Å². The second kappa shape index (κ2) is 7.13. The van der Waals surface area contributed by atoms with E-state index in [4.69, 9.17) is 0 Å². The fraction of sp³-hybridized carbons (Fsp3) is 0.600. The lowest BCUT2D eigenvalue weighted by molar-refractivity contribution is 0.444. The lowest BCUT2D eigenvalue weighted by Gasteiger charge is -2.18. The molecule has 1 fully saturated rings. The lowest BCUT2D eigenvalue weighted by atomic mass is 9.98. The molecule has 0 radical (unpaired) electrons. The molecule has 1 aliphatic rings. The first kappa shape index (κ1) is 14.6. The molecule has 2 unspecified atom stereocenters. The van der Waals surface area contributed by atoms with Gasteiger partial charge >= 0.3 is 0 Å². The standard InChI is InChI=1S/C15H21BrIN/c1-2-11-4-3-5-12(7-6-11)18-13-8-9-15(17)14(16)10-13/h8-12,18H,2-7H2,1H3. The molecule has 3 heteroatoms. The van der Waals surface area contributed by atoms with E-state index in [9.17, 15) is 0 Å². The summed E-state index contributed by atoms with van der Waals surface area (Å²) >= 11 is 5.95. The predicted molar refractivity (Wildman–Crippen MR) is 91.1 cm³/mol. The van der Waals surface area contributed by atoms with E-state index >= 15 is 0 Å². The van der Waals surface area contributed by atoms with Crippen LogP contribution >= 0.6 is 38.5 Å². The summed E-state index contributed by atoms with van der Waals surface area (Å²) in [7, 11) is 0. The number of nitrogens with one attached hydrogen (secondary N) is 1. The largest absolute Gasteiger partial charge is 0.382 e. The Kier molecular flexibility index (Phi) is 5.80. The SMILES string of the molecule is CCC1CCCC(Nc2ccc(I)c(Br)c2)CC1. The number of anilines is 1. The molecular formula is C15H21BrIN. The van der Waals surface area contributed by atoms with E-state index in [0.29, 0.717) is 6.04 Å². The van der Waals surface area contributed by atoms with E-state index in [1.54, 1.807) is 0 Å². The summed E-state index contributed by atoms with van der Waals surface area (Å²) in [6.45, 7) is 2.33. The van der Waals surface area contributed by atoms with Gasteiger partial charge in [0.05, 0.1) is 0 Å². The Hall–Kier alpha value is 0.230. The summed E-state index contributed by atoms with van der Waals surface area (Å²) in [4.78, 5) is 0. The minimum atomic E-state index is 0.661. The van der Waals surface area contributed by atoms with E-state index in [1.807, 2.05) is 0 Å². The van der Waals surface area contributed by atoms with Crippen LogP contribution in [-0.2, 0) is 0 Å². The minimum Gasteiger partial charge on any atom is -0.382 e. The molecule has 0 heterocycles. The minimum absolute atomic E-state index is 0.661. The van der Waals surface area contributed by atoms with Crippen LogP contribution in [0.3, 0.4) is 0 Å². The molecule has 2 rings (SSSR count). The van der Waals surface area contributed by atoms with Crippen molar-refractivity contribution in [3.63, 3.8) is 0 Å². The highest BCUT2D eigenvalue weighted by molar-refractivity contribution is 14.1. The third kappa shape index (κ3) is 4.12. The van der Waals surface area contributed by atoms with Crippen molar-refractivity contribution in [1.29, 1.82) is 0 Å². The van der Waals surface area contributed by atoms with Gasteiger partial charge in [-0.3, -0.25) is 0 Å². The van der Waals surface area contributed by atoms with E-state index in [-0.39, 0.29) is 0 Å². The first-order valence-corrected chi connectivity index (χ1v) is 8.77. The maximum Gasteiger partial charge on any atom is 0.0354 e. The van der Waals surface area contributed by atoms with Crippen LogP contribution in [0.25, 0.3) is 0 Å². The van der Waals surface area contributed by atoms with E-state index in [0.717, 1.165) is 5.92 Å². The van der Waals surface area contributed by atoms with Crippen LogP contribution in [0.5, 0.6) is 0 Å². The summed E-state index contributed by atoms with van der Waals surface area (Å²) in [6, 6.07) is 7.21. The first-order chi connectivity index (χ1) is 8.69. The van der Waals surface area contributed by atoms with Crippen molar-refractivity contribution in [3.8, 4) is 0 Å². The molecule has 0 spiro atoms. The molecule has 1 aliphatic carbocycles. The molecule has 18 heavy (non-hydrogen) atoms. The molecule has 100 valence electrons. The smallest absolute Gasteiger partial charge is 0.0354 e. The van der Waals surface area contributed by atoms with Crippen molar-refractivity contribution in [3.05, 3.63) is 26.2 Å². The van der Waals surface area contributed by atoms with E-state index in [1.165, 1.54) is 52.3 Å². The molecule has 1 aromatic carbocycles. The second-order valence-corrected chi connectivity index (χ2v) is 7.27. The van der Waals surface area contributed by atoms with Crippen LogP contribution in [0.2, 0.25) is 0 Å². The Labute approximate surface area is 132 Å². The summed E-state index contributed by atoms with van der Waals surface area (Å²) in [5, 5.41) is 3.70. The quantitative estimate of drug-likeness (QED) is 0.478. The number of benzene rings is 1. The van der Waals surface area contributed by atoms with Gasteiger partial charge in [-0.15, -0.1) is 0 Å². The first-order valence-electron chi connectivity index (χ1n) is 6.90. The maximum atomic E-state index is 3.70. The Morgan fingerprint density at radius 3 is 2.83 bits per heavy atom. The second-order valence-electron chi connectivity index (χ2n) is 5.25. The molecular weight excluding hydrogens is 401 g/mol. The van der Waals surface area contributed by atoms with E-state index in [2.05, 4.69) is 69.0 Å². The van der Waals surface area contributed by atoms with Gasteiger partial charge in [-0.2, -0.15) is 0 Å². The third-order valence-electron chi connectivity index (χ3n) is 3.96. The summed E-state index contributed by atoms with van der Waals surface area (Å²) in [6.07, 6.45) is 8.18. The molecule has 0 aromatic heterocycles. The zero-order valence-electron chi connectivity index (χ0n) is 10.9. The average molecular weight is 422 g/mol. The maximum absolute atomic E-state index is 3.70. The molecule has 1 saturated carbocycles. The van der Waals surface area contributed by atoms with Crippen LogP contribution in [0.15, 0.2) is 22.7 Å². The zero-order valence-corrected chi connectivity index (χ0v) is 14.6. The molecule has 1 N–H and O–H groups in total. The molecule has 1 nitrogen and oxygen atoms in total. The summed E-state index contributed by atoms with van der Waals surface area (Å²) < 4.78 is 2.46. The number of rotatable bonds is 3. The fourth-order valence-electron chi connectivity index (χ4n) is 2.75. The van der Waals surface area contributed by atoms with Crippen LogP contribution in [0, 0.1) is 9.49 Å². The monoisotopic (exact) mass is 421 g/mol. The fourth-order valence-corrected chi connectivity index (χ4v) is 3.47.